The van der Waals surface area contributed by atoms with Crippen LogP contribution in [0.5, 0.6) is 0 Å². The molecule has 1 fully saturated rings. The molecule has 0 bridgehead atoms. The number of hydrogen-bond donors (Lipinski definition) is 1. The van der Waals surface area contributed by atoms with Crippen molar-refractivity contribution < 1.29 is 9.47 Å². The molecule has 0 amide bonds. The predicted molar refractivity (Wildman–Crippen MR) is 82.1 cm³/mol. The van der Waals surface area contributed by atoms with Crippen LogP contribution in [0.25, 0.3) is 5.65 Å². The van der Waals surface area contributed by atoms with E-state index in [0.717, 1.165) is 30.9 Å². The molecular weight excluding hydrogens is 284 g/mol. The Morgan fingerprint density at radius 2 is 2.36 bits per heavy atom. The van der Waals surface area contributed by atoms with Crippen molar-refractivity contribution in [3.05, 3.63) is 33.9 Å². The summed E-state index contributed by atoms with van der Waals surface area (Å²) in [4.78, 5) is 18.9. The Bertz CT molecular complexity index is 694. The zero-order chi connectivity index (χ0) is 15.5. The molecule has 0 spiro atoms. The number of H-pyrrole nitrogens is 1. The molecule has 1 atom stereocenters. The number of morpholine rings is 1. The van der Waals surface area contributed by atoms with Gasteiger partial charge in [-0.15, -0.1) is 0 Å². The van der Waals surface area contributed by atoms with Crippen LogP contribution in [0.1, 0.15) is 17.8 Å². The average Bonchev–Trinajstić information content (AvgIpc) is 2.86. The molecule has 1 unspecified atom stereocenters. The minimum atomic E-state index is -0.0720. The Morgan fingerprint density at radius 1 is 1.50 bits per heavy atom. The summed E-state index contributed by atoms with van der Waals surface area (Å²) in [6, 6.07) is 3.48. The third-order valence-electron chi connectivity index (χ3n) is 3.88. The largest absolute Gasteiger partial charge is 0.385 e. The Balaban J connectivity index is 1.71. The van der Waals surface area contributed by atoms with E-state index in [-0.39, 0.29) is 11.7 Å². The van der Waals surface area contributed by atoms with Crippen LogP contribution in [0.2, 0.25) is 0 Å². The van der Waals surface area contributed by atoms with Crippen molar-refractivity contribution >= 4 is 5.65 Å². The molecule has 3 heterocycles. The minimum Gasteiger partial charge on any atom is -0.385 e. The molecule has 3 rings (SSSR count). The number of ether oxygens (including phenoxy) is 2. The third-order valence-corrected chi connectivity index (χ3v) is 3.88. The van der Waals surface area contributed by atoms with Gasteiger partial charge in [-0.05, 0) is 13.3 Å². The smallest absolute Gasteiger partial charge is 0.272 e. The van der Waals surface area contributed by atoms with Gasteiger partial charge < -0.3 is 9.47 Å². The second kappa shape index (κ2) is 6.60. The van der Waals surface area contributed by atoms with Gasteiger partial charge >= 0.3 is 0 Å². The second-order valence-electron chi connectivity index (χ2n) is 5.73. The number of rotatable bonds is 5. The number of fused-ring (bicyclic) bond motifs is 1. The maximum Gasteiger partial charge on any atom is 0.272 e. The van der Waals surface area contributed by atoms with E-state index in [9.17, 15) is 4.79 Å². The first-order valence-corrected chi connectivity index (χ1v) is 7.57. The van der Waals surface area contributed by atoms with Crippen LogP contribution >= 0.6 is 0 Å². The fourth-order valence-electron chi connectivity index (χ4n) is 2.82. The standard InChI is InChI=1S/C15H22N4O3/c1-11-7-14-16-12(8-15(20)19(14)17-11)9-18-4-6-22-13(10-18)3-5-21-2/h7-8,13,17H,3-6,9-10H2,1-2H3. The highest BCUT2D eigenvalue weighted by Gasteiger charge is 2.21. The van der Waals surface area contributed by atoms with E-state index in [0.29, 0.717) is 25.4 Å². The summed E-state index contributed by atoms with van der Waals surface area (Å²) in [5.41, 5.74) is 2.32. The van der Waals surface area contributed by atoms with Crippen LogP contribution in [-0.2, 0) is 16.0 Å². The highest BCUT2D eigenvalue weighted by molar-refractivity contribution is 5.39. The summed E-state index contributed by atoms with van der Waals surface area (Å²) in [6.07, 6.45) is 1.08. The van der Waals surface area contributed by atoms with E-state index in [1.165, 1.54) is 4.52 Å². The first-order valence-electron chi connectivity index (χ1n) is 7.57. The van der Waals surface area contributed by atoms with Crippen molar-refractivity contribution in [2.75, 3.05) is 33.4 Å². The molecule has 22 heavy (non-hydrogen) atoms. The van der Waals surface area contributed by atoms with Crippen LogP contribution in [0.4, 0.5) is 0 Å². The van der Waals surface area contributed by atoms with Gasteiger partial charge in [0.25, 0.3) is 5.56 Å². The number of aromatic amines is 1. The predicted octanol–water partition coefficient (Wildman–Crippen LogP) is 0.568. The van der Waals surface area contributed by atoms with E-state index in [1.54, 1.807) is 13.2 Å². The fourth-order valence-corrected chi connectivity index (χ4v) is 2.82. The van der Waals surface area contributed by atoms with Gasteiger partial charge in [-0.25, -0.2) is 9.50 Å². The number of aromatic nitrogens is 3. The molecule has 0 saturated carbocycles. The number of aryl methyl sites for hydroxylation is 1. The number of nitrogens with zero attached hydrogens (tertiary/aromatic N) is 3. The Hall–Kier alpha value is -1.70. The third kappa shape index (κ3) is 3.37. The van der Waals surface area contributed by atoms with E-state index >= 15 is 0 Å². The molecule has 1 saturated heterocycles. The van der Waals surface area contributed by atoms with Crippen molar-refractivity contribution in [3.8, 4) is 0 Å². The quantitative estimate of drug-likeness (QED) is 0.874. The molecule has 0 aliphatic carbocycles. The average molecular weight is 306 g/mol. The molecular formula is C15H22N4O3. The van der Waals surface area contributed by atoms with Crippen molar-refractivity contribution in [2.24, 2.45) is 0 Å². The highest BCUT2D eigenvalue weighted by atomic mass is 16.5. The first-order chi connectivity index (χ1) is 10.7. The lowest BCUT2D eigenvalue weighted by molar-refractivity contribution is -0.0435. The van der Waals surface area contributed by atoms with E-state index in [4.69, 9.17) is 9.47 Å². The van der Waals surface area contributed by atoms with Gasteiger partial charge in [0, 0.05) is 51.2 Å². The first kappa shape index (κ1) is 15.2. The van der Waals surface area contributed by atoms with Gasteiger partial charge in [-0.3, -0.25) is 14.8 Å². The van der Waals surface area contributed by atoms with Crippen LogP contribution < -0.4 is 5.56 Å². The molecule has 7 heteroatoms. The lowest BCUT2D eigenvalue weighted by atomic mass is 10.2. The van der Waals surface area contributed by atoms with Gasteiger partial charge in [0.05, 0.1) is 18.4 Å². The van der Waals surface area contributed by atoms with Crippen molar-refractivity contribution in [3.63, 3.8) is 0 Å². The molecule has 2 aromatic heterocycles. The van der Waals surface area contributed by atoms with Crippen LogP contribution in [-0.4, -0.2) is 59.0 Å². The van der Waals surface area contributed by atoms with Crippen molar-refractivity contribution in [1.29, 1.82) is 0 Å². The molecule has 0 radical (unpaired) electrons. The lowest BCUT2D eigenvalue weighted by Crippen LogP contribution is -2.42. The van der Waals surface area contributed by atoms with E-state index in [2.05, 4.69) is 15.0 Å². The summed E-state index contributed by atoms with van der Waals surface area (Å²) in [5.74, 6) is 0. The van der Waals surface area contributed by atoms with Gasteiger partial charge in [0.2, 0.25) is 0 Å². The van der Waals surface area contributed by atoms with Gasteiger partial charge in [-0.1, -0.05) is 0 Å². The Kier molecular flexibility index (Phi) is 4.56. The molecule has 1 aliphatic rings. The topological polar surface area (TPSA) is 71.9 Å². The van der Waals surface area contributed by atoms with Crippen LogP contribution in [0, 0.1) is 6.92 Å². The molecule has 1 aliphatic heterocycles. The molecule has 120 valence electrons. The monoisotopic (exact) mass is 306 g/mol. The Labute approximate surface area is 128 Å². The van der Waals surface area contributed by atoms with Gasteiger partial charge in [0.1, 0.15) is 0 Å². The van der Waals surface area contributed by atoms with Gasteiger partial charge in [0.15, 0.2) is 5.65 Å². The SMILES string of the molecule is COCCC1CN(Cc2cc(=O)n3[nH]c(C)cc3n2)CCO1. The van der Waals surface area contributed by atoms with Crippen LogP contribution in [0.15, 0.2) is 16.9 Å². The fraction of sp³-hybridized carbons (Fsp3) is 0.600. The normalized spacial score (nSPS) is 19.8. The zero-order valence-corrected chi connectivity index (χ0v) is 13.0. The number of methoxy groups -OCH3 is 1. The van der Waals surface area contributed by atoms with Crippen LogP contribution in [0.3, 0.4) is 0 Å². The molecule has 7 nitrogen and oxygen atoms in total. The number of nitrogens with one attached hydrogen (secondary N) is 1. The summed E-state index contributed by atoms with van der Waals surface area (Å²) < 4.78 is 12.3. The molecule has 0 aromatic carbocycles. The zero-order valence-electron chi connectivity index (χ0n) is 13.0. The maximum atomic E-state index is 12.1. The maximum absolute atomic E-state index is 12.1. The minimum absolute atomic E-state index is 0.0720. The van der Waals surface area contributed by atoms with E-state index in [1.807, 2.05) is 13.0 Å². The van der Waals surface area contributed by atoms with Gasteiger partial charge in [-0.2, -0.15) is 0 Å². The lowest BCUT2D eigenvalue weighted by Gasteiger charge is -2.32. The Morgan fingerprint density at radius 3 is 3.18 bits per heavy atom. The summed E-state index contributed by atoms with van der Waals surface area (Å²) in [7, 11) is 1.70. The molecule has 2 aromatic rings. The highest BCUT2D eigenvalue weighted by Crippen LogP contribution is 2.12. The van der Waals surface area contributed by atoms with Crippen molar-refractivity contribution in [1.82, 2.24) is 19.5 Å². The second-order valence-corrected chi connectivity index (χ2v) is 5.73. The summed E-state index contributed by atoms with van der Waals surface area (Å²) in [6.45, 7) is 5.69. The summed E-state index contributed by atoms with van der Waals surface area (Å²) in [5, 5.41) is 2.98. The number of hydrogen-bond acceptors (Lipinski definition) is 5. The molecule has 1 N–H and O–H groups in total. The summed E-state index contributed by atoms with van der Waals surface area (Å²) >= 11 is 0. The van der Waals surface area contributed by atoms with Crippen molar-refractivity contribution in [2.45, 2.75) is 26.0 Å². The van der Waals surface area contributed by atoms with E-state index < -0.39 is 0 Å².